The molecule has 1 fully saturated rings. The minimum atomic E-state index is -0.915. The van der Waals surface area contributed by atoms with Gasteiger partial charge in [0.15, 0.2) is 11.5 Å². The predicted octanol–water partition coefficient (Wildman–Crippen LogP) is 1.80. The summed E-state index contributed by atoms with van der Waals surface area (Å²) in [5, 5.41) is 11.5. The molecule has 19 heavy (non-hydrogen) atoms. The first kappa shape index (κ1) is 11.7. The lowest BCUT2D eigenvalue weighted by Crippen LogP contribution is -2.16. The van der Waals surface area contributed by atoms with Crippen molar-refractivity contribution in [2.45, 2.75) is 13.3 Å². The Kier molecular flexibility index (Phi) is 2.51. The van der Waals surface area contributed by atoms with Crippen molar-refractivity contribution in [1.29, 1.82) is 0 Å². The summed E-state index contributed by atoms with van der Waals surface area (Å²) in [5.41, 5.74) is 1.91. The summed E-state index contributed by atoms with van der Waals surface area (Å²) < 4.78 is 5.37. The van der Waals surface area contributed by atoms with E-state index in [9.17, 15) is 9.59 Å². The number of aromatic nitrogens is 1. The number of carbonyl (C=O) groups excluding carboxylic acids is 1. The summed E-state index contributed by atoms with van der Waals surface area (Å²) in [7, 11) is 0. The number of nitrogens with zero attached hydrogens (tertiary/aromatic N) is 1. The molecule has 1 aliphatic rings. The predicted molar refractivity (Wildman–Crippen MR) is 66.6 cm³/mol. The number of aliphatic carboxylic acids is 1. The van der Waals surface area contributed by atoms with Gasteiger partial charge in [-0.05, 0) is 18.6 Å². The molecule has 0 aliphatic heterocycles. The van der Waals surface area contributed by atoms with Crippen LogP contribution < -0.4 is 5.32 Å². The molecule has 2 atom stereocenters. The molecule has 0 saturated heterocycles. The molecule has 1 aliphatic carbocycles. The van der Waals surface area contributed by atoms with Gasteiger partial charge in [0.2, 0.25) is 5.91 Å². The molecule has 0 radical (unpaired) electrons. The molecule has 2 aromatic rings. The second kappa shape index (κ2) is 4.08. The van der Waals surface area contributed by atoms with Crippen molar-refractivity contribution in [3.63, 3.8) is 0 Å². The van der Waals surface area contributed by atoms with E-state index in [1.165, 1.54) is 0 Å². The zero-order valence-electron chi connectivity index (χ0n) is 10.2. The smallest absolute Gasteiger partial charge is 0.307 e. The van der Waals surface area contributed by atoms with Gasteiger partial charge in [-0.2, -0.15) is 0 Å². The molecule has 1 heterocycles. The fourth-order valence-corrected chi connectivity index (χ4v) is 2.11. The number of nitrogens with one attached hydrogen (secondary N) is 1. The Labute approximate surface area is 108 Å². The van der Waals surface area contributed by atoms with E-state index in [1.807, 2.05) is 0 Å². The van der Waals surface area contributed by atoms with Gasteiger partial charge in [-0.3, -0.25) is 9.59 Å². The Bertz CT molecular complexity index is 676. The van der Waals surface area contributed by atoms with Gasteiger partial charge in [0.25, 0.3) is 0 Å². The first-order chi connectivity index (χ1) is 9.04. The number of hydrogen-bond donors (Lipinski definition) is 2. The Hall–Kier alpha value is -2.37. The zero-order chi connectivity index (χ0) is 13.6. The lowest BCUT2D eigenvalue weighted by molar-refractivity contribution is -0.139. The molecule has 98 valence electrons. The van der Waals surface area contributed by atoms with Crippen LogP contribution in [0, 0.1) is 18.8 Å². The fourth-order valence-electron chi connectivity index (χ4n) is 2.11. The highest BCUT2D eigenvalue weighted by molar-refractivity contribution is 5.99. The van der Waals surface area contributed by atoms with E-state index in [4.69, 9.17) is 9.52 Å². The summed E-state index contributed by atoms with van der Waals surface area (Å²) >= 11 is 0. The van der Waals surface area contributed by atoms with E-state index in [1.54, 1.807) is 25.1 Å². The number of carboxylic acids is 1. The summed E-state index contributed by atoms with van der Waals surface area (Å²) in [5.74, 6) is -1.59. The highest BCUT2D eigenvalue weighted by Gasteiger charge is 2.48. The van der Waals surface area contributed by atoms with E-state index >= 15 is 0 Å². The van der Waals surface area contributed by atoms with Crippen molar-refractivity contribution < 1.29 is 19.1 Å². The average molecular weight is 260 g/mol. The molecule has 2 N–H and O–H groups in total. The van der Waals surface area contributed by atoms with Crippen LogP contribution in [0.5, 0.6) is 0 Å². The van der Waals surface area contributed by atoms with Gasteiger partial charge in [0.05, 0.1) is 11.8 Å². The quantitative estimate of drug-likeness (QED) is 0.877. The van der Waals surface area contributed by atoms with Crippen molar-refractivity contribution in [2.75, 3.05) is 5.32 Å². The average Bonchev–Trinajstić information content (AvgIpc) is 3.06. The van der Waals surface area contributed by atoms with Crippen molar-refractivity contribution in [2.24, 2.45) is 11.8 Å². The van der Waals surface area contributed by atoms with Gasteiger partial charge in [-0.1, -0.05) is 0 Å². The van der Waals surface area contributed by atoms with Gasteiger partial charge in [-0.25, -0.2) is 4.98 Å². The van der Waals surface area contributed by atoms with Crippen LogP contribution >= 0.6 is 0 Å². The molecule has 2 unspecified atom stereocenters. The topological polar surface area (TPSA) is 92.4 Å². The van der Waals surface area contributed by atoms with Crippen LogP contribution in [0.3, 0.4) is 0 Å². The highest BCUT2D eigenvalue weighted by Crippen LogP contribution is 2.39. The molecule has 0 spiro atoms. The Morgan fingerprint density at radius 2 is 2.21 bits per heavy atom. The van der Waals surface area contributed by atoms with Crippen LogP contribution in [0.4, 0.5) is 5.69 Å². The summed E-state index contributed by atoms with van der Waals surface area (Å²) in [6.45, 7) is 1.75. The number of carboxylic acid groups (broad SMARTS) is 1. The third-order valence-corrected chi connectivity index (χ3v) is 3.21. The van der Waals surface area contributed by atoms with Crippen LogP contribution in [-0.2, 0) is 9.59 Å². The first-order valence-corrected chi connectivity index (χ1v) is 5.95. The summed E-state index contributed by atoms with van der Waals surface area (Å²) in [6, 6.07) is 5.16. The highest BCUT2D eigenvalue weighted by atomic mass is 16.4. The van der Waals surface area contributed by atoms with Gasteiger partial charge in [0.1, 0.15) is 5.52 Å². The van der Waals surface area contributed by atoms with Crippen molar-refractivity contribution in [1.82, 2.24) is 4.98 Å². The maximum Gasteiger partial charge on any atom is 0.307 e. The Balaban J connectivity index is 1.75. The van der Waals surface area contributed by atoms with E-state index < -0.39 is 17.8 Å². The lowest BCUT2D eigenvalue weighted by Gasteiger charge is -2.03. The monoisotopic (exact) mass is 260 g/mol. The van der Waals surface area contributed by atoms with Crippen LogP contribution in [0.2, 0.25) is 0 Å². The molecular formula is C13H12N2O4. The number of aryl methyl sites for hydroxylation is 1. The largest absolute Gasteiger partial charge is 0.481 e. The Morgan fingerprint density at radius 1 is 1.42 bits per heavy atom. The maximum absolute atomic E-state index is 11.8. The minimum absolute atomic E-state index is 0.261. The molecule has 1 saturated carbocycles. The van der Waals surface area contributed by atoms with Crippen molar-refractivity contribution in [3.8, 4) is 0 Å². The number of oxazole rings is 1. The minimum Gasteiger partial charge on any atom is -0.481 e. The second-order valence-electron chi connectivity index (χ2n) is 4.69. The van der Waals surface area contributed by atoms with Crippen LogP contribution in [0.15, 0.2) is 22.6 Å². The number of rotatable bonds is 3. The van der Waals surface area contributed by atoms with Gasteiger partial charge in [-0.15, -0.1) is 0 Å². The zero-order valence-corrected chi connectivity index (χ0v) is 10.2. The van der Waals surface area contributed by atoms with E-state index in [0.717, 1.165) is 5.52 Å². The van der Waals surface area contributed by atoms with Crippen molar-refractivity contribution >= 4 is 28.7 Å². The number of benzene rings is 1. The third-order valence-electron chi connectivity index (χ3n) is 3.21. The second-order valence-corrected chi connectivity index (χ2v) is 4.69. The third kappa shape index (κ3) is 2.16. The number of amides is 1. The standard InChI is InChI=1S/C13H12N2O4/c1-6-14-10-3-2-7(4-11(10)19-6)15-12(16)8-5-9(8)13(17)18/h2-4,8-9H,5H2,1H3,(H,15,16)(H,17,18). The molecule has 0 bridgehead atoms. The van der Waals surface area contributed by atoms with Crippen LogP contribution in [0.25, 0.3) is 11.1 Å². The van der Waals surface area contributed by atoms with E-state index in [2.05, 4.69) is 10.3 Å². The number of hydrogen-bond acceptors (Lipinski definition) is 4. The number of carbonyl (C=O) groups is 2. The Morgan fingerprint density at radius 3 is 2.89 bits per heavy atom. The van der Waals surface area contributed by atoms with Gasteiger partial charge < -0.3 is 14.8 Å². The summed E-state index contributed by atoms with van der Waals surface area (Å²) in [4.78, 5) is 26.7. The lowest BCUT2D eigenvalue weighted by atomic mass is 10.2. The van der Waals surface area contributed by atoms with Crippen LogP contribution in [-0.4, -0.2) is 22.0 Å². The first-order valence-electron chi connectivity index (χ1n) is 5.95. The molecule has 1 aromatic carbocycles. The normalized spacial score (nSPS) is 21.3. The van der Waals surface area contributed by atoms with E-state index in [0.29, 0.717) is 23.6 Å². The molecule has 3 rings (SSSR count). The SMILES string of the molecule is Cc1nc2ccc(NC(=O)C3CC3C(=O)O)cc2o1. The summed E-state index contributed by atoms with van der Waals surface area (Å²) in [6.07, 6.45) is 0.408. The fraction of sp³-hybridized carbons (Fsp3) is 0.308. The molecule has 1 aromatic heterocycles. The van der Waals surface area contributed by atoms with Crippen molar-refractivity contribution in [3.05, 3.63) is 24.1 Å². The van der Waals surface area contributed by atoms with E-state index in [-0.39, 0.29) is 5.91 Å². The maximum atomic E-state index is 11.8. The molecule has 6 heteroatoms. The molecular weight excluding hydrogens is 248 g/mol. The van der Waals surface area contributed by atoms with Gasteiger partial charge >= 0.3 is 5.97 Å². The molecule has 6 nitrogen and oxygen atoms in total. The molecule has 1 amide bonds. The van der Waals surface area contributed by atoms with Gasteiger partial charge in [0, 0.05) is 18.7 Å². The number of fused-ring (bicyclic) bond motifs is 1. The number of anilines is 1. The van der Waals surface area contributed by atoms with Crippen LogP contribution in [0.1, 0.15) is 12.3 Å².